The number of carbonyl (C=O) groups is 1. The maximum absolute atomic E-state index is 12.4. The number of para-hydroxylation sites is 2. The van der Waals surface area contributed by atoms with Gasteiger partial charge in [0.15, 0.2) is 5.78 Å². The first-order chi connectivity index (χ1) is 11.1. The van der Waals surface area contributed by atoms with Crippen molar-refractivity contribution in [1.82, 2.24) is 0 Å². The molecule has 2 aromatic carbocycles. The highest BCUT2D eigenvalue weighted by atomic mass is 32.2. The van der Waals surface area contributed by atoms with E-state index >= 15 is 0 Å². The first-order valence-electron chi connectivity index (χ1n) is 6.79. The standard InChI is InChI=1S/C15H16N2O5S2/c1-11(18)12-7-9-13(10-8-12)24(21,22)17-15-6-4-3-5-14(15)16-23(2,19)20/h3-10,16-17H,1-2H3. The van der Waals surface area contributed by atoms with E-state index in [9.17, 15) is 21.6 Å². The van der Waals surface area contributed by atoms with Crippen LogP contribution in [0.2, 0.25) is 0 Å². The molecule has 2 N–H and O–H groups in total. The van der Waals surface area contributed by atoms with Crippen LogP contribution in [0.3, 0.4) is 0 Å². The van der Waals surface area contributed by atoms with Gasteiger partial charge < -0.3 is 0 Å². The number of rotatable bonds is 6. The molecule has 0 radical (unpaired) electrons. The number of hydrogen-bond donors (Lipinski definition) is 2. The van der Waals surface area contributed by atoms with Crippen molar-refractivity contribution in [2.75, 3.05) is 15.7 Å². The van der Waals surface area contributed by atoms with Gasteiger partial charge in [0.25, 0.3) is 10.0 Å². The molecule has 24 heavy (non-hydrogen) atoms. The van der Waals surface area contributed by atoms with Gasteiger partial charge in [-0.25, -0.2) is 16.8 Å². The normalized spacial score (nSPS) is 11.8. The van der Waals surface area contributed by atoms with Gasteiger partial charge in [-0.2, -0.15) is 0 Å². The Hall–Kier alpha value is -2.39. The van der Waals surface area contributed by atoms with Crippen LogP contribution in [0.1, 0.15) is 17.3 Å². The fourth-order valence-electron chi connectivity index (χ4n) is 1.93. The van der Waals surface area contributed by atoms with E-state index < -0.39 is 20.0 Å². The summed E-state index contributed by atoms with van der Waals surface area (Å²) in [7, 11) is -7.49. The van der Waals surface area contributed by atoms with Crippen molar-refractivity contribution in [2.24, 2.45) is 0 Å². The van der Waals surface area contributed by atoms with Gasteiger partial charge in [0.1, 0.15) is 0 Å². The molecular formula is C15H16N2O5S2. The average Bonchev–Trinajstić information content (AvgIpc) is 2.48. The molecule has 0 aliphatic heterocycles. The van der Waals surface area contributed by atoms with E-state index in [1.54, 1.807) is 12.1 Å². The molecule has 0 aliphatic carbocycles. The van der Waals surface area contributed by atoms with Crippen LogP contribution in [0, 0.1) is 0 Å². The molecule has 9 heteroatoms. The zero-order valence-corrected chi connectivity index (χ0v) is 14.6. The van der Waals surface area contributed by atoms with Gasteiger partial charge in [0.2, 0.25) is 10.0 Å². The predicted octanol–water partition coefficient (Wildman–Crippen LogP) is 2.06. The summed E-state index contributed by atoms with van der Waals surface area (Å²) in [6.45, 7) is 1.38. The van der Waals surface area contributed by atoms with Crippen molar-refractivity contribution in [2.45, 2.75) is 11.8 Å². The van der Waals surface area contributed by atoms with E-state index in [1.807, 2.05) is 0 Å². The minimum Gasteiger partial charge on any atom is -0.295 e. The average molecular weight is 368 g/mol. The number of hydrogen-bond acceptors (Lipinski definition) is 5. The van der Waals surface area contributed by atoms with Crippen molar-refractivity contribution in [3.8, 4) is 0 Å². The summed E-state index contributed by atoms with van der Waals surface area (Å²) in [4.78, 5) is 11.2. The number of ketones is 1. The summed E-state index contributed by atoms with van der Waals surface area (Å²) in [6, 6.07) is 11.5. The number of anilines is 2. The summed E-state index contributed by atoms with van der Waals surface area (Å²) in [5, 5.41) is 0. The molecule has 0 saturated carbocycles. The second-order valence-electron chi connectivity index (χ2n) is 5.11. The van der Waals surface area contributed by atoms with Gasteiger partial charge in [0, 0.05) is 5.56 Å². The van der Waals surface area contributed by atoms with E-state index in [0.717, 1.165) is 6.26 Å². The quantitative estimate of drug-likeness (QED) is 0.759. The molecule has 0 saturated heterocycles. The first-order valence-corrected chi connectivity index (χ1v) is 10.2. The summed E-state index contributed by atoms with van der Waals surface area (Å²) in [5.41, 5.74) is 0.607. The second-order valence-corrected chi connectivity index (χ2v) is 8.54. The fourth-order valence-corrected chi connectivity index (χ4v) is 3.59. The van der Waals surface area contributed by atoms with Gasteiger partial charge in [-0.3, -0.25) is 14.2 Å². The molecule has 0 unspecified atom stereocenters. The fraction of sp³-hybridized carbons (Fsp3) is 0.133. The summed E-state index contributed by atoms with van der Waals surface area (Å²) >= 11 is 0. The Morgan fingerprint density at radius 1 is 0.833 bits per heavy atom. The van der Waals surface area contributed by atoms with Crippen molar-refractivity contribution >= 4 is 37.2 Å². The lowest BCUT2D eigenvalue weighted by Gasteiger charge is -2.13. The van der Waals surface area contributed by atoms with Gasteiger partial charge in [-0.05, 0) is 31.2 Å². The van der Waals surface area contributed by atoms with Crippen LogP contribution in [0.5, 0.6) is 0 Å². The van der Waals surface area contributed by atoms with Crippen molar-refractivity contribution in [3.05, 3.63) is 54.1 Å². The zero-order valence-electron chi connectivity index (χ0n) is 13.0. The van der Waals surface area contributed by atoms with Crippen molar-refractivity contribution in [3.63, 3.8) is 0 Å². The van der Waals surface area contributed by atoms with Crippen LogP contribution in [-0.4, -0.2) is 28.9 Å². The molecule has 2 rings (SSSR count). The number of carbonyl (C=O) groups excluding carboxylic acids is 1. The Morgan fingerprint density at radius 3 is 1.79 bits per heavy atom. The summed E-state index contributed by atoms with van der Waals surface area (Å²) in [6.07, 6.45) is 0.971. The maximum atomic E-state index is 12.4. The highest BCUT2D eigenvalue weighted by Crippen LogP contribution is 2.25. The Balaban J connectivity index is 2.34. The zero-order chi connectivity index (χ0) is 18.0. The first kappa shape index (κ1) is 18.0. The lowest BCUT2D eigenvalue weighted by molar-refractivity contribution is 0.101. The topological polar surface area (TPSA) is 109 Å². The number of sulfonamides is 2. The largest absolute Gasteiger partial charge is 0.295 e. The number of benzene rings is 2. The second kappa shape index (κ2) is 6.62. The van der Waals surface area contributed by atoms with Crippen LogP contribution in [-0.2, 0) is 20.0 Å². The van der Waals surface area contributed by atoms with Gasteiger partial charge >= 0.3 is 0 Å². The minimum absolute atomic E-state index is 0.0401. The monoisotopic (exact) mass is 368 g/mol. The molecule has 0 heterocycles. The third kappa shape index (κ3) is 4.56. The van der Waals surface area contributed by atoms with E-state index in [4.69, 9.17) is 0 Å². The van der Waals surface area contributed by atoms with Crippen LogP contribution >= 0.6 is 0 Å². The van der Waals surface area contributed by atoms with Crippen LogP contribution in [0.4, 0.5) is 11.4 Å². The van der Waals surface area contributed by atoms with Crippen LogP contribution in [0.15, 0.2) is 53.4 Å². The Labute approximate surface area is 140 Å². The Bertz CT molecular complexity index is 965. The molecule has 0 bridgehead atoms. The van der Waals surface area contributed by atoms with E-state index in [-0.39, 0.29) is 22.1 Å². The molecular weight excluding hydrogens is 352 g/mol. The predicted molar refractivity (Wildman–Crippen MR) is 92.2 cm³/mol. The smallest absolute Gasteiger partial charge is 0.261 e. The van der Waals surface area contributed by atoms with E-state index in [0.29, 0.717) is 5.56 Å². The lowest BCUT2D eigenvalue weighted by Crippen LogP contribution is -2.16. The number of nitrogens with one attached hydrogen (secondary N) is 2. The molecule has 2 aromatic rings. The van der Waals surface area contributed by atoms with Gasteiger partial charge in [-0.1, -0.05) is 24.3 Å². The molecule has 0 aliphatic rings. The summed E-state index contributed by atoms with van der Waals surface area (Å²) in [5.74, 6) is -0.172. The third-order valence-electron chi connectivity index (χ3n) is 3.04. The van der Waals surface area contributed by atoms with Gasteiger partial charge in [0.05, 0.1) is 22.5 Å². The van der Waals surface area contributed by atoms with Crippen molar-refractivity contribution in [1.29, 1.82) is 0 Å². The van der Waals surface area contributed by atoms with Gasteiger partial charge in [-0.15, -0.1) is 0 Å². The highest BCUT2D eigenvalue weighted by molar-refractivity contribution is 7.93. The molecule has 128 valence electrons. The van der Waals surface area contributed by atoms with E-state index in [1.165, 1.54) is 43.3 Å². The highest BCUT2D eigenvalue weighted by Gasteiger charge is 2.17. The SMILES string of the molecule is CC(=O)c1ccc(S(=O)(=O)Nc2ccccc2NS(C)(=O)=O)cc1. The molecule has 0 fully saturated rings. The molecule has 7 nitrogen and oxygen atoms in total. The Morgan fingerprint density at radius 2 is 1.33 bits per heavy atom. The van der Waals surface area contributed by atoms with Crippen LogP contribution in [0.25, 0.3) is 0 Å². The van der Waals surface area contributed by atoms with E-state index in [2.05, 4.69) is 9.44 Å². The molecule has 0 amide bonds. The third-order valence-corrected chi connectivity index (χ3v) is 5.01. The number of Topliss-reactive ketones (excluding diaryl/α,β-unsaturated/α-hetero) is 1. The molecule has 0 aromatic heterocycles. The maximum Gasteiger partial charge on any atom is 0.261 e. The summed E-state index contributed by atoms with van der Waals surface area (Å²) < 4.78 is 52.2. The van der Waals surface area contributed by atoms with Crippen LogP contribution < -0.4 is 9.44 Å². The molecule has 0 spiro atoms. The van der Waals surface area contributed by atoms with Crippen molar-refractivity contribution < 1.29 is 21.6 Å². The molecule has 0 atom stereocenters. The lowest BCUT2D eigenvalue weighted by atomic mass is 10.2. The minimum atomic E-state index is -3.93. The Kier molecular flexibility index (Phi) is 4.95.